The fraction of sp³-hybridized carbons (Fsp3) is 0.286. The molecule has 0 aliphatic rings. The van der Waals surface area contributed by atoms with Gasteiger partial charge in [0.2, 0.25) is 0 Å². The lowest BCUT2D eigenvalue weighted by Crippen LogP contribution is -2.27. The Morgan fingerprint density at radius 1 is 1.62 bits per heavy atom. The van der Waals surface area contributed by atoms with E-state index in [0.717, 1.165) is 0 Å². The van der Waals surface area contributed by atoms with Crippen molar-refractivity contribution in [2.45, 2.75) is 0 Å². The van der Waals surface area contributed by atoms with E-state index in [-0.39, 0.29) is 24.0 Å². The molecule has 0 fully saturated rings. The van der Waals surface area contributed by atoms with Gasteiger partial charge in [0.05, 0.1) is 19.0 Å². The molecule has 6 heteroatoms. The number of carbonyl (C=O) groups is 1. The van der Waals surface area contributed by atoms with Crippen LogP contribution in [0.1, 0.15) is 10.5 Å². The summed E-state index contributed by atoms with van der Waals surface area (Å²) in [5.41, 5.74) is 0.140. The lowest BCUT2D eigenvalue weighted by Gasteiger charge is -2.01. The highest BCUT2D eigenvalue weighted by Crippen LogP contribution is 2.01. The standard InChI is InChI=1S/C7H8ClN3O2/c8-6-4-9-3-5(11-6)7(13)10-1-2-12/h3-4,12H,1-2H2,(H,10,13). The van der Waals surface area contributed by atoms with Crippen molar-refractivity contribution in [3.8, 4) is 0 Å². The van der Waals surface area contributed by atoms with E-state index in [1.54, 1.807) is 0 Å². The minimum absolute atomic E-state index is 0.111. The van der Waals surface area contributed by atoms with Crippen molar-refractivity contribution in [3.05, 3.63) is 23.2 Å². The van der Waals surface area contributed by atoms with Crippen LogP contribution >= 0.6 is 11.6 Å². The van der Waals surface area contributed by atoms with Crippen molar-refractivity contribution in [1.82, 2.24) is 15.3 Å². The molecule has 0 saturated heterocycles. The molecule has 0 unspecified atom stereocenters. The topological polar surface area (TPSA) is 75.1 Å². The zero-order valence-corrected chi connectivity index (χ0v) is 7.45. The van der Waals surface area contributed by atoms with Gasteiger partial charge in [-0.1, -0.05) is 11.6 Å². The molecule has 0 saturated carbocycles. The van der Waals surface area contributed by atoms with E-state index in [2.05, 4.69) is 15.3 Å². The number of aliphatic hydroxyl groups is 1. The van der Waals surface area contributed by atoms with E-state index < -0.39 is 5.91 Å². The molecule has 1 rings (SSSR count). The highest BCUT2D eigenvalue weighted by Gasteiger charge is 2.06. The number of aliphatic hydroxyl groups excluding tert-OH is 1. The molecule has 1 aromatic heterocycles. The summed E-state index contributed by atoms with van der Waals surface area (Å²) in [5.74, 6) is -0.399. The molecule has 0 bridgehead atoms. The van der Waals surface area contributed by atoms with Crippen LogP contribution in [0.4, 0.5) is 0 Å². The molecular weight excluding hydrogens is 194 g/mol. The van der Waals surface area contributed by atoms with Gasteiger partial charge in [-0.15, -0.1) is 0 Å². The van der Waals surface area contributed by atoms with Crippen molar-refractivity contribution in [3.63, 3.8) is 0 Å². The van der Waals surface area contributed by atoms with Crippen LogP contribution in [0.3, 0.4) is 0 Å². The van der Waals surface area contributed by atoms with Gasteiger partial charge in [-0.25, -0.2) is 4.98 Å². The first-order chi connectivity index (χ1) is 6.24. The van der Waals surface area contributed by atoms with Gasteiger partial charge in [-0.05, 0) is 0 Å². The van der Waals surface area contributed by atoms with E-state index in [1.807, 2.05) is 0 Å². The molecule has 1 aromatic rings. The third-order valence-electron chi connectivity index (χ3n) is 1.24. The minimum Gasteiger partial charge on any atom is -0.395 e. The Labute approximate surface area is 79.8 Å². The second-order valence-electron chi connectivity index (χ2n) is 2.21. The molecule has 0 aliphatic heterocycles. The Morgan fingerprint density at radius 3 is 3.00 bits per heavy atom. The van der Waals surface area contributed by atoms with Crippen molar-refractivity contribution in [2.24, 2.45) is 0 Å². The number of nitrogens with one attached hydrogen (secondary N) is 1. The summed E-state index contributed by atoms with van der Waals surface area (Å²) < 4.78 is 0. The first-order valence-corrected chi connectivity index (χ1v) is 3.98. The van der Waals surface area contributed by atoms with Crippen molar-refractivity contribution in [1.29, 1.82) is 0 Å². The largest absolute Gasteiger partial charge is 0.395 e. The molecule has 5 nitrogen and oxygen atoms in total. The first kappa shape index (κ1) is 9.88. The third kappa shape index (κ3) is 2.96. The summed E-state index contributed by atoms with van der Waals surface area (Å²) >= 11 is 5.52. The van der Waals surface area contributed by atoms with Crippen molar-refractivity contribution in [2.75, 3.05) is 13.2 Å². The molecule has 1 amide bonds. The number of hydrogen-bond acceptors (Lipinski definition) is 4. The Kier molecular flexibility index (Phi) is 3.60. The maximum atomic E-state index is 11.2. The molecule has 70 valence electrons. The van der Waals surface area contributed by atoms with Gasteiger partial charge in [0, 0.05) is 6.54 Å². The molecule has 0 aliphatic carbocycles. The highest BCUT2D eigenvalue weighted by atomic mass is 35.5. The molecule has 0 aromatic carbocycles. The van der Waals surface area contributed by atoms with E-state index in [9.17, 15) is 4.79 Å². The highest BCUT2D eigenvalue weighted by molar-refractivity contribution is 6.29. The van der Waals surface area contributed by atoms with Crippen LogP contribution in [0.5, 0.6) is 0 Å². The van der Waals surface area contributed by atoms with Crippen LogP contribution in [0.2, 0.25) is 5.15 Å². The number of rotatable bonds is 3. The van der Waals surface area contributed by atoms with Gasteiger partial charge >= 0.3 is 0 Å². The average molecular weight is 202 g/mol. The number of carbonyl (C=O) groups excluding carboxylic acids is 1. The average Bonchev–Trinajstić information content (AvgIpc) is 2.14. The Hall–Kier alpha value is -1.20. The molecule has 0 radical (unpaired) electrons. The Balaban J connectivity index is 2.66. The number of nitrogens with zero attached hydrogens (tertiary/aromatic N) is 2. The maximum absolute atomic E-state index is 11.2. The van der Waals surface area contributed by atoms with Crippen LogP contribution in [-0.2, 0) is 0 Å². The second kappa shape index (κ2) is 4.74. The van der Waals surface area contributed by atoms with Gasteiger partial charge in [0.25, 0.3) is 5.91 Å². The Bertz CT molecular complexity index is 306. The lowest BCUT2D eigenvalue weighted by molar-refractivity contribution is 0.0939. The van der Waals surface area contributed by atoms with Crippen LogP contribution in [0, 0.1) is 0 Å². The summed E-state index contributed by atoms with van der Waals surface area (Å²) in [6.45, 7) is 0.0762. The fourth-order valence-electron chi connectivity index (χ4n) is 0.712. The normalized spacial score (nSPS) is 9.69. The summed E-state index contributed by atoms with van der Waals surface area (Å²) in [5, 5.41) is 11.0. The summed E-state index contributed by atoms with van der Waals surface area (Å²) in [6.07, 6.45) is 2.64. The zero-order chi connectivity index (χ0) is 9.68. The smallest absolute Gasteiger partial charge is 0.271 e. The zero-order valence-electron chi connectivity index (χ0n) is 6.70. The summed E-state index contributed by atoms with van der Waals surface area (Å²) in [7, 11) is 0. The minimum atomic E-state index is -0.399. The van der Waals surface area contributed by atoms with Gasteiger partial charge in [-0.2, -0.15) is 0 Å². The van der Waals surface area contributed by atoms with Crippen molar-refractivity contribution < 1.29 is 9.90 Å². The second-order valence-corrected chi connectivity index (χ2v) is 2.59. The number of hydrogen-bond donors (Lipinski definition) is 2. The van der Waals surface area contributed by atoms with E-state index in [0.29, 0.717) is 0 Å². The van der Waals surface area contributed by atoms with Crippen molar-refractivity contribution >= 4 is 17.5 Å². The fourth-order valence-corrected chi connectivity index (χ4v) is 0.859. The van der Waals surface area contributed by atoms with E-state index in [1.165, 1.54) is 12.4 Å². The molecule has 13 heavy (non-hydrogen) atoms. The molecular formula is C7H8ClN3O2. The summed E-state index contributed by atoms with van der Waals surface area (Å²) in [6, 6.07) is 0. The van der Waals surface area contributed by atoms with Gasteiger partial charge in [-0.3, -0.25) is 9.78 Å². The SMILES string of the molecule is O=C(NCCO)c1cncc(Cl)n1. The van der Waals surface area contributed by atoms with Gasteiger partial charge in [0.1, 0.15) is 10.8 Å². The first-order valence-electron chi connectivity index (χ1n) is 3.60. The molecule has 1 heterocycles. The Morgan fingerprint density at radius 2 is 2.38 bits per heavy atom. The molecule has 0 atom stereocenters. The third-order valence-corrected chi connectivity index (χ3v) is 1.42. The monoisotopic (exact) mass is 201 g/mol. The predicted molar refractivity (Wildman–Crippen MR) is 46.5 cm³/mol. The van der Waals surface area contributed by atoms with E-state index in [4.69, 9.17) is 16.7 Å². The number of amides is 1. The predicted octanol–water partition coefficient (Wildman–Crippen LogP) is -0.148. The van der Waals surface area contributed by atoms with Gasteiger partial charge in [0.15, 0.2) is 0 Å². The van der Waals surface area contributed by atoms with Crippen LogP contribution in [0.15, 0.2) is 12.4 Å². The molecule has 2 N–H and O–H groups in total. The van der Waals surface area contributed by atoms with Crippen LogP contribution < -0.4 is 5.32 Å². The lowest BCUT2D eigenvalue weighted by atomic mass is 10.4. The number of aromatic nitrogens is 2. The van der Waals surface area contributed by atoms with Gasteiger partial charge < -0.3 is 10.4 Å². The maximum Gasteiger partial charge on any atom is 0.271 e. The quantitative estimate of drug-likeness (QED) is 0.714. The van der Waals surface area contributed by atoms with Crippen LogP contribution in [-0.4, -0.2) is 34.1 Å². The molecule has 0 spiro atoms. The van der Waals surface area contributed by atoms with E-state index >= 15 is 0 Å². The van der Waals surface area contributed by atoms with Crippen LogP contribution in [0.25, 0.3) is 0 Å². The summed E-state index contributed by atoms with van der Waals surface area (Å²) in [4.78, 5) is 18.6. The number of halogens is 1.